The molecule has 0 radical (unpaired) electrons. The molecule has 0 aromatic carbocycles. The van der Waals surface area contributed by atoms with Crippen LogP contribution in [0.4, 0.5) is 4.79 Å². The third kappa shape index (κ3) is 4.03. The van der Waals surface area contributed by atoms with Crippen LogP contribution < -0.4 is 5.32 Å². The van der Waals surface area contributed by atoms with Gasteiger partial charge in [-0.3, -0.25) is 10.1 Å². The van der Waals surface area contributed by atoms with E-state index in [0.717, 1.165) is 12.8 Å². The number of thioether (sulfide) groups is 1. The molecule has 21 heavy (non-hydrogen) atoms. The van der Waals surface area contributed by atoms with Gasteiger partial charge in [0.25, 0.3) is 0 Å². The summed E-state index contributed by atoms with van der Waals surface area (Å²) in [6, 6.07) is -0.217. The zero-order chi connectivity index (χ0) is 15.6. The average Bonchev–Trinajstić information content (AvgIpc) is 3.03. The summed E-state index contributed by atoms with van der Waals surface area (Å²) >= 11 is 1.67. The van der Waals surface area contributed by atoms with Crippen molar-refractivity contribution in [3.63, 3.8) is 0 Å². The van der Waals surface area contributed by atoms with Crippen molar-refractivity contribution in [1.29, 1.82) is 0 Å². The molecule has 0 aromatic rings. The molecule has 0 aliphatic carbocycles. The number of carbonyl (C=O) groups excluding carboxylic acids is 2. The van der Waals surface area contributed by atoms with Crippen LogP contribution in [0, 0.1) is 0 Å². The van der Waals surface area contributed by atoms with Crippen molar-refractivity contribution < 1.29 is 19.1 Å². The van der Waals surface area contributed by atoms with Gasteiger partial charge in [0, 0.05) is 12.3 Å². The van der Waals surface area contributed by atoms with Crippen molar-refractivity contribution in [3.05, 3.63) is 0 Å². The number of likely N-dealkylation sites (tertiary alicyclic amines) is 1. The number of nitrogens with zero attached hydrogens (tertiary/aromatic N) is 1. The predicted octanol–water partition coefficient (Wildman–Crippen LogP) is 1.59. The minimum absolute atomic E-state index is 0.0594. The molecule has 0 bridgehead atoms. The lowest BCUT2D eigenvalue weighted by Crippen LogP contribution is -2.49. The Bertz CT molecular complexity index is 410. The van der Waals surface area contributed by atoms with Crippen LogP contribution in [0.15, 0.2) is 0 Å². The molecule has 3 atom stereocenters. The van der Waals surface area contributed by atoms with E-state index in [2.05, 4.69) is 5.32 Å². The molecule has 2 rings (SSSR count). The second kappa shape index (κ2) is 6.44. The molecule has 1 amide bonds. The van der Waals surface area contributed by atoms with Crippen LogP contribution in [0.25, 0.3) is 0 Å². The number of rotatable bonds is 2. The lowest BCUT2D eigenvalue weighted by Gasteiger charge is -2.31. The van der Waals surface area contributed by atoms with Gasteiger partial charge in [0.1, 0.15) is 11.6 Å². The fourth-order valence-corrected chi connectivity index (χ4v) is 4.05. The van der Waals surface area contributed by atoms with Crippen molar-refractivity contribution in [1.82, 2.24) is 10.2 Å². The van der Waals surface area contributed by atoms with E-state index >= 15 is 0 Å². The van der Waals surface area contributed by atoms with Crippen LogP contribution in [0.5, 0.6) is 0 Å². The Hall–Kier alpha value is -0.950. The van der Waals surface area contributed by atoms with E-state index in [4.69, 9.17) is 9.47 Å². The minimum Gasteiger partial charge on any atom is -0.468 e. The maximum Gasteiger partial charge on any atom is 0.410 e. The largest absolute Gasteiger partial charge is 0.468 e. The number of carbonyl (C=O) groups is 2. The van der Waals surface area contributed by atoms with E-state index in [-0.39, 0.29) is 29.5 Å². The standard InChI is InChI=1S/C14H24N2O4S/c1-14(2,3)20-13(18)16-7-5-6-10(16)11-15-9(8-21-11)12(17)19-4/h9-11,15H,5-8H2,1-4H3. The Morgan fingerprint density at radius 3 is 2.67 bits per heavy atom. The first-order valence-electron chi connectivity index (χ1n) is 7.27. The maximum absolute atomic E-state index is 12.3. The lowest BCUT2D eigenvalue weighted by molar-refractivity contribution is -0.142. The van der Waals surface area contributed by atoms with Gasteiger partial charge in [-0.15, -0.1) is 11.8 Å². The Kier molecular flexibility index (Phi) is 5.03. The number of ether oxygens (including phenoxy) is 2. The second-order valence-electron chi connectivity index (χ2n) is 6.38. The second-order valence-corrected chi connectivity index (χ2v) is 7.55. The first-order chi connectivity index (χ1) is 9.81. The van der Waals surface area contributed by atoms with E-state index in [1.807, 2.05) is 20.8 Å². The van der Waals surface area contributed by atoms with E-state index in [1.54, 1.807) is 16.7 Å². The van der Waals surface area contributed by atoms with Crippen molar-refractivity contribution in [2.75, 3.05) is 19.4 Å². The summed E-state index contributed by atoms with van der Waals surface area (Å²) in [6.45, 7) is 6.31. The normalized spacial score (nSPS) is 29.5. The topological polar surface area (TPSA) is 67.9 Å². The Balaban J connectivity index is 1.96. The number of amides is 1. The van der Waals surface area contributed by atoms with Crippen LogP contribution >= 0.6 is 11.8 Å². The van der Waals surface area contributed by atoms with Crippen LogP contribution in [-0.2, 0) is 14.3 Å². The Labute approximate surface area is 129 Å². The fraction of sp³-hybridized carbons (Fsp3) is 0.857. The van der Waals surface area contributed by atoms with E-state index < -0.39 is 5.60 Å². The van der Waals surface area contributed by atoms with Gasteiger partial charge < -0.3 is 14.4 Å². The summed E-state index contributed by atoms with van der Waals surface area (Å²) in [5.41, 5.74) is -0.491. The van der Waals surface area contributed by atoms with E-state index in [9.17, 15) is 9.59 Å². The summed E-state index contributed by atoms with van der Waals surface area (Å²) in [5, 5.41) is 3.33. The van der Waals surface area contributed by atoms with Gasteiger partial charge in [-0.1, -0.05) is 0 Å². The first-order valence-corrected chi connectivity index (χ1v) is 8.32. The molecule has 0 spiro atoms. The molecular formula is C14H24N2O4S. The van der Waals surface area contributed by atoms with Crippen LogP contribution in [-0.4, -0.2) is 59.4 Å². The van der Waals surface area contributed by atoms with Crippen LogP contribution in [0.3, 0.4) is 0 Å². The number of methoxy groups -OCH3 is 1. The molecule has 2 aliphatic heterocycles. The van der Waals surface area contributed by atoms with E-state index in [0.29, 0.717) is 12.3 Å². The molecule has 2 heterocycles. The van der Waals surface area contributed by atoms with Gasteiger partial charge in [-0.05, 0) is 33.6 Å². The van der Waals surface area contributed by atoms with Gasteiger partial charge in [0.15, 0.2) is 0 Å². The van der Waals surface area contributed by atoms with Crippen molar-refractivity contribution in [2.45, 2.75) is 56.7 Å². The third-order valence-electron chi connectivity index (χ3n) is 3.57. The summed E-state index contributed by atoms with van der Waals surface area (Å²) < 4.78 is 10.2. The molecular weight excluding hydrogens is 292 g/mol. The SMILES string of the molecule is COC(=O)C1CSC(C2CCCN2C(=O)OC(C)(C)C)N1. The van der Waals surface area contributed by atoms with Crippen LogP contribution in [0.1, 0.15) is 33.6 Å². The molecule has 6 nitrogen and oxygen atoms in total. The molecule has 2 saturated heterocycles. The molecule has 0 aromatic heterocycles. The van der Waals surface area contributed by atoms with Gasteiger partial charge in [0.05, 0.1) is 18.5 Å². The molecule has 3 unspecified atom stereocenters. The predicted molar refractivity (Wildman–Crippen MR) is 81.1 cm³/mol. The number of hydrogen-bond acceptors (Lipinski definition) is 6. The molecule has 2 fully saturated rings. The highest BCUT2D eigenvalue weighted by Crippen LogP contribution is 2.31. The Morgan fingerprint density at radius 2 is 2.05 bits per heavy atom. The van der Waals surface area contributed by atoms with Gasteiger partial charge in [-0.25, -0.2) is 4.79 Å². The number of hydrogen-bond donors (Lipinski definition) is 1. The van der Waals surface area contributed by atoms with Crippen LogP contribution in [0.2, 0.25) is 0 Å². The lowest BCUT2D eigenvalue weighted by atomic mass is 10.2. The fourth-order valence-electron chi connectivity index (χ4n) is 2.65. The van der Waals surface area contributed by atoms with Gasteiger partial charge in [0.2, 0.25) is 0 Å². The Morgan fingerprint density at radius 1 is 1.33 bits per heavy atom. The van der Waals surface area contributed by atoms with Crippen molar-refractivity contribution in [3.8, 4) is 0 Å². The molecule has 0 saturated carbocycles. The highest BCUT2D eigenvalue weighted by atomic mass is 32.2. The maximum atomic E-state index is 12.3. The highest BCUT2D eigenvalue weighted by molar-refractivity contribution is 8.00. The zero-order valence-corrected chi connectivity index (χ0v) is 13.9. The third-order valence-corrected chi connectivity index (χ3v) is 4.91. The summed E-state index contributed by atoms with van der Waals surface area (Å²) in [5.74, 6) is 0.433. The zero-order valence-electron chi connectivity index (χ0n) is 13.0. The molecule has 2 aliphatic rings. The van der Waals surface area contributed by atoms with Gasteiger partial charge >= 0.3 is 12.1 Å². The highest BCUT2D eigenvalue weighted by Gasteiger charge is 2.42. The minimum atomic E-state index is -0.491. The monoisotopic (exact) mass is 316 g/mol. The summed E-state index contributed by atoms with van der Waals surface area (Å²) in [7, 11) is 1.39. The summed E-state index contributed by atoms with van der Waals surface area (Å²) in [6.07, 6.45) is 1.62. The molecule has 120 valence electrons. The van der Waals surface area contributed by atoms with Gasteiger partial charge in [-0.2, -0.15) is 0 Å². The van der Waals surface area contributed by atoms with E-state index in [1.165, 1.54) is 7.11 Å². The van der Waals surface area contributed by atoms with Crippen molar-refractivity contribution >= 4 is 23.8 Å². The molecule has 1 N–H and O–H groups in total. The smallest absolute Gasteiger partial charge is 0.410 e. The summed E-state index contributed by atoms with van der Waals surface area (Å²) in [4.78, 5) is 25.6. The molecule has 7 heteroatoms. The average molecular weight is 316 g/mol. The number of esters is 1. The quantitative estimate of drug-likeness (QED) is 0.780. The first kappa shape index (κ1) is 16.4. The van der Waals surface area contributed by atoms with Crippen molar-refractivity contribution in [2.24, 2.45) is 0 Å². The number of nitrogens with one attached hydrogen (secondary N) is 1.